The molecule has 0 radical (unpaired) electrons. The van der Waals surface area contributed by atoms with Gasteiger partial charge in [-0.25, -0.2) is 0 Å². The third-order valence-corrected chi connectivity index (χ3v) is 2.44. The van der Waals surface area contributed by atoms with Crippen LogP contribution in [-0.4, -0.2) is 60.0 Å². The maximum Gasteiger partial charge on any atom is 0.290 e. The van der Waals surface area contributed by atoms with Crippen LogP contribution < -0.4 is 11.9 Å². The molecule has 0 bridgehead atoms. The summed E-state index contributed by atoms with van der Waals surface area (Å²) in [6, 6.07) is 0. The predicted molar refractivity (Wildman–Crippen MR) is 138 cm³/mol. The standard InChI is InChI=1S/3C5H7N.C2H6.CH5N.CH2O2.CH2O.H3N.H2O2.O2.H2O/c3*1-5-3-2-4-6-5;2*1-2;2-1-3;1-2;;2*1-2;/h3*3-4H,2H2,1H3;1-2H3;2H2,1H3;1H,(H,2,3);1H2;1H3;1-2H;;1H2. The summed E-state index contributed by atoms with van der Waals surface area (Å²) in [6.45, 7) is 11.8. The number of hydrogen-bond donors (Lipinski definition) is 5. The molecule has 0 aliphatic carbocycles. The monoisotopic (exact) mass is 481 g/mol. The number of nitrogens with zero attached hydrogens (tertiary/aromatic N) is 3. The van der Waals surface area contributed by atoms with E-state index >= 15 is 0 Å². The van der Waals surface area contributed by atoms with E-state index in [1.807, 2.05) is 60.1 Å². The van der Waals surface area contributed by atoms with Crippen LogP contribution >= 0.6 is 0 Å². The van der Waals surface area contributed by atoms with Gasteiger partial charge in [0.15, 0.2) is 0 Å². The van der Waals surface area contributed by atoms with Crippen molar-refractivity contribution in [1.29, 1.82) is 0 Å². The number of carboxylic acid groups (broad SMARTS) is 1. The first kappa shape index (κ1) is 52.0. The molecule has 0 aromatic rings. The Kier molecular flexibility index (Phi) is 99.2. The molecule has 0 aromatic carbocycles. The van der Waals surface area contributed by atoms with Crippen molar-refractivity contribution in [2.45, 2.75) is 53.9 Å². The molecule has 0 atom stereocenters. The van der Waals surface area contributed by atoms with Crippen LogP contribution in [0.15, 0.2) is 50.3 Å². The van der Waals surface area contributed by atoms with Gasteiger partial charge < -0.3 is 27.3 Å². The van der Waals surface area contributed by atoms with Crippen molar-refractivity contribution in [2.75, 3.05) is 7.05 Å². The number of allylic oxidation sites excluding steroid dienone is 6. The number of carbonyl (C=O) groups excluding carboxylic acids is 1. The summed E-state index contributed by atoms with van der Waals surface area (Å²) in [7, 11) is 1.50. The van der Waals surface area contributed by atoms with E-state index in [1.165, 1.54) is 7.05 Å². The second-order valence-corrected chi connectivity index (χ2v) is 4.28. The lowest BCUT2D eigenvalue weighted by Crippen LogP contribution is -1.69. The van der Waals surface area contributed by atoms with Crippen LogP contribution in [0.3, 0.4) is 0 Å². The first-order chi connectivity index (χ1) is 15.1. The Morgan fingerprint density at radius 1 is 0.788 bits per heavy atom. The first-order valence-corrected chi connectivity index (χ1v) is 8.99. The van der Waals surface area contributed by atoms with E-state index in [0.717, 1.165) is 36.4 Å². The number of carbonyl (C=O) groups is 2. The average molecular weight is 482 g/mol. The molecule has 10 N–H and O–H groups in total. The second kappa shape index (κ2) is 63.0. The fourth-order valence-electron chi connectivity index (χ4n) is 1.42. The van der Waals surface area contributed by atoms with Crippen molar-refractivity contribution in [2.24, 2.45) is 20.7 Å². The van der Waals surface area contributed by atoms with E-state index in [2.05, 4.69) is 38.9 Å². The zero-order valence-electron chi connectivity index (χ0n) is 20.5. The minimum absolute atomic E-state index is 0. The van der Waals surface area contributed by atoms with Crippen LogP contribution in [-0.2, 0) is 9.59 Å². The van der Waals surface area contributed by atoms with E-state index in [9.17, 15) is 0 Å². The zero-order valence-corrected chi connectivity index (χ0v) is 20.5. The van der Waals surface area contributed by atoms with Crippen LogP contribution in [0.4, 0.5) is 0 Å². The van der Waals surface area contributed by atoms with Crippen LogP contribution in [0.2, 0.25) is 0 Å². The quantitative estimate of drug-likeness (QED) is 0.192. The van der Waals surface area contributed by atoms with Gasteiger partial charge in [0.05, 0.1) is 0 Å². The highest BCUT2D eigenvalue weighted by Gasteiger charge is 1.86. The van der Waals surface area contributed by atoms with Gasteiger partial charge in [-0.3, -0.25) is 30.3 Å². The molecule has 3 aliphatic heterocycles. The van der Waals surface area contributed by atoms with E-state index < -0.39 is 0 Å². The molecule has 13 nitrogen and oxygen atoms in total. The van der Waals surface area contributed by atoms with Gasteiger partial charge in [0, 0.05) is 64.9 Å². The van der Waals surface area contributed by atoms with Crippen molar-refractivity contribution < 1.29 is 30.7 Å². The normalized spacial score (nSPS) is 11.2. The van der Waals surface area contributed by atoms with Crippen molar-refractivity contribution in [3.8, 4) is 0 Å². The molecule has 3 rings (SSSR count). The maximum absolute atomic E-state index is 8.36. The van der Waals surface area contributed by atoms with Crippen LogP contribution in [0, 0.1) is 9.93 Å². The molecule has 3 heterocycles. The average Bonchev–Trinajstić information content (AvgIpc) is 3.62. The Balaban J connectivity index is -0.0000000373. The van der Waals surface area contributed by atoms with E-state index in [1.54, 1.807) is 0 Å². The highest BCUT2D eigenvalue weighted by Crippen LogP contribution is 2.01. The van der Waals surface area contributed by atoms with Crippen molar-refractivity contribution in [1.82, 2.24) is 6.15 Å². The molecule has 0 aromatic heterocycles. The first-order valence-electron chi connectivity index (χ1n) is 8.99. The largest absolute Gasteiger partial charge is 0.483 e. The number of aliphatic imine (C=N–C) groups is 3. The Labute approximate surface area is 196 Å². The van der Waals surface area contributed by atoms with Crippen LogP contribution in [0.1, 0.15) is 53.9 Å². The highest BCUT2D eigenvalue weighted by atomic mass is 17.0. The topological polar surface area (TPSA) is 259 Å². The van der Waals surface area contributed by atoms with Gasteiger partial charge in [-0.05, 0) is 27.8 Å². The van der Waals surface area contributed by atoms with Gasteiger partial charge in [0.1, 0.15) is 6.79 Å². The molecule has 3 aliphatic rings. The molecule has 0 amide bonds. The lowest BCUT2D eigenvalue weighted by molar-refractivity contribution is -0.176. The summed E-state index contributed by atoms with van der Waals surface area (Å²) < 4.78 is 0. The number of rotatable bonds is 0. The molecule has 13 heteroatoms. The lowest BCUT2D eigenvalue weighted by atomic mass is 10.4. The molecular weight excluding hydrogens is 438 g/mol. The van der Waals surface area contributed by atoms with Crippen molar-refractivity contribution in [3.05, 3.63) is 45.2 Å². The summed E-state index contributed by atoms with van der Waals surface area (Å²) in [4.78, 5) is 42.3. The SMILES string of the molecule is C=O.CC.CC1=CCC=N1.CC1=CCC=N1.CC1=CCC=N1.CN.N.O.O=CO.O=O.OO. The molecule has 0 unspecified atom stereocenters. The van der Waals surface area contributed by atoms with Gasteiger partial charge >= 0.3 is 0 Å². The molecular formula is C20H43N5O8. The van der Waals surface area contributed by atoms with Crippen molar-refractivity contribution in [3.63, 3.8) is 0 Å². The smallest absolute Gasteiger partial charge is 0.290 e. The van der Waals surface area contributed by atoms with E-state index in [-0.39, 0.29) is 18.1 Å². The summed E-state index contributed by atoms with van der Waals surface area (Å²) in [5.41, 5.74) is 7.94. The maximum atomic E-state index is 8.36. The summed E-state index contributed by atoms with van der Waals surface area (Å²) >= 11 is 0. The molecule has 196 valence electrons. The lowest BCUT2D eigenvalue weighted by Gasteiger charge is -1.72. The minimum Gasteiger partial charge on any atom is -0.483 e. The predicted octanol–water partition coefficient (Wildman–Crippen LogP) is 3.63. The molecule has 0 spiro atoms. The van der Waals surface area contributed by atoms with Gasteiger partial charge in [0.2, 0.25) is 0 Å². The molecule has 0 saturated carbocycles. The van der Waals surface area contributed by atoms with E-state index in [0.29, 0.717) is 0 Å². The van der Waals surface area contributed by atoms with Gasteiger partial charge in [-0.1, -0.05) is 32.1 Å². The fraction of sp³-hybridized carbons (Fsp3) is 0.450. The number of nitrogens with two attached hydrogens (primary N) is 1. The zero-order chi connectivity index (χ0) is 25.9. The number of hydrogen-bond acceptors (Lipinski definition) is 11. The molecule has 33 heavy (non-hydrogen) atoms. The van der Waals surface area contributed by atoms with Gasteiger partial charge in [-0.2, -0.15) is 0 Å². The van der Waals surface area contributed by atoms with Gasteiger partial charge in [0.25, 0.3) is 6.47 Å². The molecule has 0 saturated heterocycles. The van der Waals surface area contributed by atoms with E-state index in [4.69, 9.17) is 35.1 Å². The van der Waals surface area contributed by atoms with Gasteiger partial charge in [-0.15, -0.1) is 0 Å². The van der Waals surface area contributed by atoms with Crippen LogP contribution in [0.25, 0.3) is 0 Å². The third kappa shape index (κ3) is 65.3. The third-order valence-electron chi connectivity index (χ3n) is 2.44. The van der Waals surface area contributed by atoms with Crippen LogP contribution in [0.5, 0.6) is 0 Å². The Hall–Kier alpha value is -3.23. The Bertz CT molecular complexity index is 458. The Morgan fingerprint density at radius 2 is 0.939 bits per heavy atom. The highest BCUT2D eigenvalue weighted by molar-refractivity contribution is 5.65. The van der Waals surface area contributed by atoms with Crippen molar-refractivity contribution >= 4 is 31.9 Å². The summed E-state index contributed by atoms with van der Waals surface area (Å²) in [6.07, 6.45) is 15.1. The second-order valence-electron chi connectivity index (χ2n) is 4.28. The summed E-state index contributed by atoms with van der Waals surface area (Å²) in [5, 5.41) is 18.9. The minimum atomic E-state index is -0.250. The Morgan fingerprint density at radius 3 is 0.970 bits per heavy atom. The molecule has 0 fully saturated rings. The fourth-order valence-corrected chi connectivity index (χ4v) is 1.42. The summed E-state index contributed by atoms with van der Waals surface area (Å²) in [5.74, 6) is 0.